The van der Waals surface area contributed by atoms with Gasteiger partial charge in [0.05, 0.1) is 5.25 Å². The summed E-state index contributed by atoms with van der Waals surface area (Å²) in [5.41, 5.74) is 1.08. The fraction of sp³-hybridized carbons (Fsp3) is 0.273. The average Bonchev–Trinajstić information content (AvgIpc) is 2.59. The number of nitrogens with one attached hydrogen (secondary N) is 1. The van der Waals surface area contributed by atoms with E-state index in [0.29, 0.717) is 6.42 Å². The summed E-state index contributed by atoms with van der Waals surface area (Å²) in [6.07, 6.45) is 2.63. The van der Waals surface area contributed by atoms with Crippen molar-refractivity contribution in [3.63, 3.8) is 0 Å². The van der Waals surface area contributed by atoms with Gasteiger partial charge in [0.1, 0.15) is 0 Å². The smallest absolute Gasteiger partial charge is 0.286 e. The number of hydrogen-bond donors (Lipinski definition) is 1. The van der Waals surface area contributed by atoms with Crippen molar-refractivity contribution in [3.05, 3.63) is 29.8 Å². The summed E-state index contributed by atoms with van der Waals surface area (Å²) >= 11 is 2.76. The van der Waals surface area contributed by atoms with Crippen LogP contribution in [-0.4, -0.2) is 22.7 Å². The van der Waals surface area contributed by atoms with Crippen molar-refractivity contribution in [3.8, 4) is 0 Å². The van der Waals surface area contributed by atoms with Crippen LogP contribution >= 0.6 is 23.5 Å². The number of amides is 2. The van der Waals surface area contributed by atoms with E-state index in [9.17, 15) is 9.59 Å². The Labute approximate surface area is 102 Å². The average molecular weight is 253 g/mol. The van der Waals surface area contributed by atoms with E-state index >= 15 is 0 Å². The molecule has 2 amide bonds. The molecule has 0 aromatic heterocycles. The van der Waals surface area contributed by atoms with Gasteiger partial charge in [-0.3, -0.25) is 14.9 Å². The lowest BCUT2D eigenvalue weighted by Crippen LogP contribution is -2.25. The minimum Gasteiger partial charge on any atom is -0.286 e. The van der Waals surface area contributed by atoms with Gasteiger partial charge in [-0.15, -0.1) is 11.8 Å². The molecule has 1 aromatic rings. The van der Waals surface area contributed by atoms with Crippen LogP contribution in [0.3, 0.4) is 0 Å². The molecular formula is C11H11NO2S2. The predicted molar refractivity (Wildman–Crippen MR) is 66.8 cm³/mol. The van der Waals surface area contributed by atoms with Gasteiger partial charge in [-0.25, -0.2) is 0 Å². The first-order valence-corrected chi connectivity index (χ1v) is 6.94. The first kappa shape index (κ1) is 11.5. The third-order valence-corrected chi connectivity index (χ3v) is 4.07. The quantitative estimate of drug-likeness (QED) is 0.840. The second kappa shape index (κ2) is 4.93. The molecular weight excluding hydrogens is 242 g/mol. The molecule has 0 bridgehead atoms. The van der Waals surface area contributed by atoms with E-state index in [-0.39, 0.29) is 16.4 Å². The standard InChI is InChI=1S/C11H11NO2S2/c1-15-8-4-2-7(3-5-8)6-9-10(13)12-11(14)16-9/h2-5,9H,6H2,1H3,(H,12,13,14). The van der Waals surface area contributed by atoms with Crippen molar-refractivity contribution in [2.24, 2.45) is 0 Å². The number of rotatable bonds is 3. The number of benzene rings is 1. The topological polar surface area (TPSA) is 46.2 Å². The highest BCUT2D eigenvalue weighted by atomic mass is 32.2. The van der Waals surface area contributed by atoms with Crippen LogP contribution in [-0.2, 0) is 11.2 Å². The summed E-state index contributed by atoms with van der Waals surface area (Å²) in [5.74, 6) is -0.177. The Balaban J connectivity index is 2.03. The van der Waals surface area contributed by atoms with E-state index in [1.807, 2.05) is 30.5 Å². The number of carbonyl (C=O) groups excluding carboxylic acids is 2. The van der Waals surface area contributed by atoms with Crippen LogP contribution < -0.4 is 5.32 Å². The van der Waals surface area contributed by atoms with E-state index in [2.05, 4.69) is 5.32 Å². The van der Waals surface area contributed by atoms with Gasteiger partial charge in [0.25, 0.3) is 5.24 Å². The zero-order valence-corrected chi connectivity index (χ0v) is 10.4. The first-order chi connectivity index (χ1) is 7.69. The maximum atomic E-state index is 11.4. The zero-order valence-electron chi connectivity index (χ0n) is 8.73. The largest absolute Gasteiger partial charge is 0.286 e. The molecule has 0 saturated carbocycles. The molecule has 1 saturated heterocycles. The molecule has 1 aromatic carbocycles. The van der Waals surface area contributed by atoms with Crippen LogP contribution in [0.25, 0.3) is 0 Å². The van der Waals surface area contributed by atoms with E-state index in [4.69, 9.17) is 0 Å². The van der Waals surface area contributed by atoms with Gasteiger partial charge in [-0.1, -0.05) is 23.9 Å². The second-order valence-corrected chi connectivity index (χ2v) is 5.49. The fourth-order valence-electron chi connectivity index (χ4n) is 1.50. The summed E-state index contributed by atoms with van der Waals surface area (Å²) in [6, 6.07) is 8.06. The molecule has 3 nitrogen and oxygen atoms in total. The van der Waals surface area contributed by atoms with Crippen LogP contribution in [0.2, 0.25) is 0 Å². The van der Waals surface area contributed by atoms with Crippen molar-refractivity contribution >= 4 is 34.7 Å². The lowest BCUT2D eigenvalue weighted by atomic mass is 10.1. The third-order valence-electron chi connectivity index (χ3n) is 2.35. The van der Waals surface area contributed by atoms with Gasteiger partial charge in [0, 0.05) is 4.90 Å². The lowest BCUT2D eigenvalue weighted by Gasteiger charge is -2.05. The number of thioether (sulfide) groups is 2. The van der Waals surface area contributed by atoms with Crippen LogP contribution in [0.15, 0.2) is 29.2 Å². The Hall–Kier alpha value is -0.940. The van der Waals surface area contributed by atoms with Gasteiger partial charge in [-0.05, 0) is 30.4 Å². The molecule has 2 rings (SSSR count). The molecule has 1 fully saturated rings. The highest BCUT2D eigenvalue weighted by Crippen LogP contribution is 2.23. The Kier molecular flexibility index (Phi) is 3.56. The summed E-state index contributed by atoms with van der Waals surface area (Å²) < 4.78 is 0. The van der Waals surface area contributed by atoms with Crippen LogP contribution in [0.4, 0.5) is 4.79 Å². The van der Waals surface area contributed by atoms with Crippen molar-refractivity contribution in [2.75, 3.05) is 6.26 Å². The molecule has 5 heteroatoms. The van der Waals surface area contributed by atoms with Crippen LogP contribution in [0.5, 0.6) is 0 Å². The van der Waals surface area contributed by atoms with E-state index in [1.165, 1.54) is 4.90 Å². The maximum absolute atomic E-state index is 11.4. The zero-order chi connectivity index (χ0) is 11.5. The lowest BCUT2D eigenvalue weighted by molar-refractivity contribution is -0.118. The molecule has 1 N–H and O–H groups in total. The molecule has 0 spiro atoms. The third kappa shape index (κ3) is 2.59. The van der Waals surface area contributed by atoms with Gasteiger partial charge >= 0.3 is 0 Å². The summed E-state index contributed by atoms with van der Waals surface area (Å²) in [5, 5.41) is 1.78. The SMILES string of the molecule is CSc1ccc(CC2SC(=O)NC2=O)cc1. The molecule has 1 atom stereocenters. The highest BCUT2D eigenvalue weighted by Gasteiger charge is 2.31. The molecule has 0 aliphatic carbocycles. The van der Waals surface area contributed by atoms with Gasteiger partial charge in [0.15, 0.2) is 0 Å². The molecule has 1 aliphatic rings. The van der Waals surface area contributed by atoms with Crippen molar-refractivity contribution < 1.29 is 9.59 Å². The summed E-state index contributed by atoms with van der Waals surface area (Å²) in [6.45, 7) is 0. The first-order valence-electron chi connectivity index (χ1n) is 4.83. The predicted octanol–water partition coefficient (Wildman–Crippen LogP) is 2.30. The number of hydrogen-bond acceptors (Lipinski definition) is 4. The normalized spacial score (nSPS) is 19.9. The Morgan fingerprint density at radius 2 is 2.00 bits per heavy atom. The van der Waals surface area contributed by atoms with Gasteiger partial charge < -0.3 is 0 Å². The molecule has 1 aliphatic heterocycles. The monoisotopic (exact) mass is 253 g/mol. The second-order valence-electron chi connectivity index (χ2n) is 3.44. The van der Waals surface area contributed by atoms with Crippen LogP contribution in [0.1, 0.15) is 5.56 Å². The minimum absolute atomic E-state index is 0.177. The summed E-state index contributed by atoms with van der Waals surface area (Å²) in [7, 11) is 0. The summed E-state index contributed by atoms with van der Waals surface area (Å²) in [4.78, 5) is 23.5. The molecule has 84 valence electrons. The van der Waals surface area contributed by atoms with Gasteiger partial charge in [-0.2, -0.15) is 0 Å². The minimum atomic E-state index is -0.271. The van der Waals surface area contributed by atoms with Crippen molar-refractivity contribution in [1.29, 1.82) is 0 Å². The van der Waals surface area contributed by atoms with E-state index in [1.54, 1.807) is 11.8 Å². The fourth-order valence-corrected chi connectivity index (χ4v) is 2.77. The van der Waals surface area contributed by atoms with E-state index < -0.39 is 0 Å². The number of imide groups is 1. The van der Waals surface area contributed by atoms with Crippen molar-refractivity contribution in [1.82, 2.24) is 5.32 Å². The highest BCUT2D eigenvalue weighted by molar-refractivity contribution is 8.15. The Morgan fingerprint density at radius 3 is 2.50 bits per heavy atom. The van der Waals surface area contributed by atoms with E-state index in [0.717, 1.165) is 17.3 Å². The van der Waals surface area contributed by atoms with Gasteiger partial charge in [0.2, 0.25) is 5.91 Å². The number of carbonyl (C=O) groups is 2. The maximum Gasteiger partial charge on any atom is 0.286 e. The molecule has 0 radical (unpaired) electrons. The Morgan fingerprint density at radius 1 is 1.31 bits per heavy atom. The molecule has 1 unspecified atom stereocenters. The van der Waals surface area contributed by atoms with Crippen LogP contribution in [0, 0.1) is 0 Å². The molecule has 16 heavy (non-hydrogen) atoms. The van der Waals surface area contributed by atoms with Crippen molar-refractivity contribution in [2.45, 2.75) is 16.6 Å². The molecule has 1 heterocycles. The Bertz CT molecular complexity index is 416.